The van der Waals surface area contributed by atoms with Gasteiger partial charge in [-0.3, -0.25) is 14.3 Å². The molecule has 1 fully saturated rings. The van der Waals surface area contributed by atoms with Crippen LogP contribution in [0.5, 0.6) is 0 Å². The van der Waals surface area contributed by atoms with E-state index in [1.807, 2.05) is 28.0 Å². The quantitative estimate of drug-likeness (QED) is 0.864. The number of amides is 2. The Labute approximate surface area is 156 Å². The molecule has 138 valence electrons. The predicted octanol–water partition coefficient (Wildman–Crippen LogP) is 1.65. The highest BCUT2D eigenvalue weighted by Crippen LogP contribution is 2.29. The summed E-state index contributed by atoms with van der Waals surface area (Å²) < 4.78 is 1.95. The Kier molecular flexibility index (Phi) is 4.76. The first-order valence-electron chi connectivity index (χ1n) is 9.10. The fourth-order valence-corrected chi connectivity index (χ4v) is 4.03. The number of thiazole rings is 1. The smallest absolute Gasteiger partial charge is 0.226 e. The molecule has 0 atom stereocenters. The molecule has 8 heteroatoms. The topological polar surface area (TPSA) is 80.1 Å². The first-order valence-corrected chi connectivity index (χ1v) is 9.98. The SMILES string of the molecule is Cc1nc(CC(=O)NCc2cc3n(n2)CCN(C(=O)C2CCC2)C3)cs1. The Hall–Kier alpha value is -2.22. The second kappa shape index (κ2) is 7.19. The Morgan fingerprint density at radius 3 is 2.85 bits per heavy atom. The van der Waals surface area contributed by atoms with E-state index in [1.54, 1.807) is 11.3 Å². The zero-order valence-corrected chi connectivity index (χ0v) is 15.7. The summed E-state index contributed by atoms with van der Waals surface area (Å²) in [6.45, 7) is 4.40. The van der Waals surface area contributed by atoms with Crippen molar-refractivity contribution in [2.24, 2.45) is 5.92 Å². The lowest BCUT2D eigenvalue weighted by atomic mass is 9.84. The lowest BCUT2D eigenvalue weighted by molar-refractivity contribution is -0.139. The number of aryl methyl sites for hydroxylation is 1. The third kappa shape index (κ3) is 3.65. The summed E-state index contributed by atoms with van der Waals surface area (Å²) in [5, 5.41) is 10.3. The summed E-state index contributed by atoms with van der Waals surface area (Å²) >= 11 is 1.55. The van der Waals surface area contributed by atoms with Crippen LogP contribution >= 0.6 is 11.3 Å². The molecule has 2 aromatic heterocycles. The van der Waals surface area contributed by atoms with Crippen LogP contribution in [0.25, 0.3) is 0 Å². The molecule has 1 aliphatic carbocycles. The number of nitrogens with one attached hydrogen (secondary N) is 1. The molecular weight excluding hydrogens is 350 g/mol. The number of rotatable bonds is 5. The number of hydrogen-bond donors (Lipinski definition) is 1. The molecule has 7 nitrogen and oxygen atoms in total. The predicted molar refractivity (Wildman–Crippen MR) is 97.4 cm³/mol. The molecule has 0 radical (unpaired) electrons. The van der Waals surface area contributed by atoms with Crippen molar-refractivity contribution in [2.45, 2.75) is 52.2 Å². The molecule has 26 heavy (non-hydrogen) atoms. The van der Waals surface area contributed by atoms with Crippen molar-refractivity contribution in [2.75, 3.05) is 6.54 Å². The van der Waals surface area contributed by atoms with Gasteiger partial charge in [0, 0.05) is 17.8 Å². The molecular formula is C18H23N5O2S. The van der Waals surface area contributed by atoms with Gasteiger partial charge < -0.3 is 10.2 Å². The van der Waals surface area contributed by atoms with Gasteiger partial charge in [-0.05, 0) is 25.8 Å². The Bertz CT molecular complexity index is 823. The Balaban J connectivity index is 1.31. The average molecular weight is 373 g/mol. The number of carbonyl (C=O) groups excluding carboxylic acids is 2. The largest absolute Gasteiger partial charge is 0.350 e. The molecule has 2 aliphatic rings. The van der Waals surface area contributed by atoms with E-state index in [2.05, 4.69) is 15.4 Å². The fourth-order valence-electron chi connectivity index (χ4n) is 3.42. The average Bonchev–Trinajstić information content (AvgIpc) is 3.16. The van der Waals surface area contributed by atoms with Gasteiger partial charge in [-0.1, -0.05) is 6.42 Å². The van der Waals surface area contributed by atoms with Gasteiger partial charge in [0.1, 0.15) is 0 Å². The molecule has 0 spiro atoms. The third-order valence-electron chi connectivity index (χ3n) is 5.09. The van der Waals surface area contributed by atoms with E-state index in [9.17, 15) is 9.59 Å². The van der Waals surface area contributed by atoms with Crippen LogP contribution in [0.3, 0.4) is 0 Å². The van der Waals surface area contributed by atoms with Gasteiger partial charge in [-0.25, -0.2) is 4.98 Å². The van der Waals surface area contributed by atoms with Crippen LogP contribution in [0.4, 0.5) is 0 Å². The Morgan fingerprint density at radius 1 is 1.31 bits per heavy atom. The number of fused-ring (bicyclic) bond motifs is 1. The van der Waals surface area contributed by atoms with Crippen LogP contribution < -0.4 is 5.32 Å². The highest BCUT2D eigenvalue weighted by atomic mass is 32.1. The lowest BCUT2D eigenvalue weighted by Crippen LogP contribution is -2.43. The van der Waals surface area contributed by atoms with Gasteiger partial charge in [-0.2, -0.15) is 5.10 Å². The van der Waals surface area contributed by atoms with Crippen molar-refractivity contribution >= 4 is 23.2 Å². The maximum atomic E-state index is 12.4. The van der Waals surface area contributed by atoms with Crippen LogP contribution in [0.1, 0.15) is 41.4 Å². The highest BCUT2D eigenvalue weighted by molar-refractivity contribution is 7.09. The summed E-state index contributed by atoms with van der Waals surface area (Å²) in [4.78, 5) is 30.7. The van der Waals surface area contributed by atoms with Crippen molar-refractivity contribution in [1.29, 1.82) is 0 Å². The van der Waals surface area contributed by atoms with E-state index in [4.69, 9.17) is 0 Å². The number of carbonyl (C=O) groups is 2. The van der Waals surface area contributed by atoms with Gasteiger partial charge in [0.05, 0.1) is 48.1 Å². The lowest BCUT2D eigenvalue weighted by Gasteiger charge is -2.34. The Morgan fingerprint density at radius 2 is 2.15 bits per heavy atom. The second-order valence-corrected chi connectivity index (χ2v) is 8.11. The maximum absolute atomic E-state index is 12.4. The van der Waals surface area contributed by atoms with Gasteiger partial charge in [0.15, 0.2) is 0 Å². The molecule has 4 rings (SSSR count). The highest BCUT2D eigenvalue weighted by Gasteiger charge is 2.31. The van der Waals surface area contributed by atoms with E-state index >= 15 is 0 Å². The first-order chi connectivity index (χ1) is 12.6. The molecule has 1 N–H and O–H groups in total. The van der Waals surface area contributed by atoms with Crippen LogP contribution in [-0.4, -0.2) is 38.0 Å². The molecule has 3 heterocycles. The van der Waals surface area contributed by atoms with Crippen LogP contribution in [0, 0.1) is 12.8 Å². The molecule has 1 aliphatic heterocycles. The number of aromatic nitrogens is 3. The minimum absolute atomic E-state index is 0.0527. The minimum Gasteiger partial charge on any atom is -0.350 e. The van der Waals surface area contributed by atoms with Crippen LogP contribution in [-0.2, 0) is 35.6 Å². The summed E-state index contributed by atoms with van der Waals surface area (Å²) in [5.41, 5.74) is 2.68. The van der Waals surface area contributed by atoms with Gasteiger partial charge in [-0.15, -0.1) is 11.3 Å². The monoisotopic (exact) mass is 373 g/mol. The fraction of sp³-hybridized carbons (Fsp3) is 0.556. The van der Waals surface area contributed by atoms with Crippen molar-refractivity contribution in [3.05, 3.63) is 33.5 Å². The zero-order valence-electron chi connectivity index (χ0n) is 14.9. The van der Waals surface area contributed by atoms with E-state index in [0.717, 1.165) is 48.0 Å². The van der Waals surface area contributed by atoms with Crippen molar-refractivity contribution in [3.63, 3.8) is 0 Å². The summed E-state index contributed by atoms with van der Waals surface area (Å²) in [5.74, 6) is 0.470. The van der Waals surface area contributed by atoms with Gasteiger partial charge >= 0.3 is 0 Å². The molecule has 2 aromatic rings. The standard InChI is InChI=1S/C18H23N5O2S/c1-12-20-15(11-26-12)8-17(24)19-9-14-7-16-10-22(5-6-23(16)21-14)18(25)13-3-2-4-13/h7,11,13H,2-6,8-10H2,1H3,(H,19,24). The molecule has 0 aromatic carbocycles. The molecule has 0 saturated heterocycles. The summed E-state index contributed by atoms with van der Waals surface area (Å²) in [7, 11) is 0. The van der Waals surface area contributed by atoms with E-state index in [1.165, 1.54) is 6.42 Å². The van der Waals surface area contributed by atoms with E-state index < -0.39 is 0 Å². The first kappa shape index (κ1) is 17.2. The third-order valence-corrected chi connectivity index (χ3v) is 5.91. The molecule has 2 amide bonds. The summed E-state index contributed by atoms with van der Waals surface area (Å²) in [6.07, 6.45) is 3.53. The zero-order chi connectivity index (χ0) is 18.1. The number of nitrogens with zero attached hydrogens (tertiary/aromatic N) is 4. The van der Waals surface area contributed by atoms with Crippen LogP contribution in [0.2, 0.25) is 0 Å². The van der Waals surface area contributed by atoms with Crippen molar-refractivity contribution in [3.8, 4) is 0 Å². The minimum atomic E-state index is -0.0527. The molecule has 1 saturated carbocycles. The molecule has 0 unspecified atom stereocenters. The normalized spacial score (nSPS) is 16.9. The number of hydrogen-bond acceptors (Lipinski definition) is 5. The molecule has 0 bridgehead atoms. The van der Waals surface area contributed by atoms with Gasteiger partial charge in [0.2, 0.25) is 11.8 Å². The summed E-state index contributed by atoms with van der Waals surface area (Å²) in [6, 6.07) is 1.99. The van der Waals surface area contributed by atoms with Gasteiger partial charge in [0.25, 0.3) is 0 Å². The van der Waals surface area contributed by atoms with E-state index in [-0.39, 0.29) is 17.7 Å². The van der Waals surface area contributed by atoms with Crippen molar-refractivity contribution in [1.82, 2.24) is 25.0 Å². The van der Waals surface area contributed by atoms with E-state index in [0.29, 0.717) is 19.5 Å². The van der Waals surface area contributed by atoms with Crippen molar-refractivity contribution < 1.29 is 9.59 Å². The van der Waals surface area contributed by atoms with Crippen LogP contribution in [0.15, 0.2) is 11.4 Å². The second-order valence-electron chi connectivity index (χ2n) is 7.05. The maximum Gasteiger partial charge on any atom is 0.226 e.